The Balaban J connectivity index is 0.00000200. The van der Waals surface area contributed by atoms with Crippen LogP contribution in [-0.2, 0) is 10.0 Å². The van der Waals surface area contributed by atoms with Crippen molar-refractivity contribution in [1.82, 2.24) is 5.32 Å². The van der Waals surface area contributed by atoms with Gasteiger partial charge in [-0.2, -0.15) is 0 Å². The van der Waals surface area contributed by atoms with Crippen molar-refractivity contribution in [3.63, 3.8) is 0 Å². The van der Waals surface area contributed by atoms with Gasteiger partial charge in [0.15, 0.2) is 0 Å². The van der Waals surface area contributed by atoms with Crippen molar-refractivity contribution in [3.05, 3.63) is 23.8 Å². The normalized spacial score (nSPS) is 16.3. The van der Waals surface area contributed by atoms with E-state index in [0.29, 0.717) is 18.2 Å². The lowest BCUT2D eigenvalue weighted by Gasteiger charge is -2.14. The number of aliphatic hydroxyl groups excluding tert-OH is 1. The number of phenols is 1. The predicted octanol–water partition coefficient (Wildman–Crippen LogP) is 0.971. The first-order valence-electron chi connectivity index (χ1n) is 6.07. The van der Waals surface area contributed by atoms with Crippen LogP contribution in [0.4, 0.5) is 5.69 Å². The Bertz CT molecular complexity index is 561. The lowest BCUT2D eigenvalue weighted by Crippen LogP contribution is -2.23. The van der Waals surface area contributed by atoms with E-state index < -0.39 is 16.1 Å². The van der Waals surface area contributed by atoms with Crippen molar-refractivity contribution in [2.45, 2.75) is 25.0 Å². The van der Waals surface area contributed by atoms with Gasteiger partial charge in [0.2, 0.25) is 10.0 Å². The molecule has 0 radical (unpaired) electrons. The second kappa shape index (κ2) is 6.62. The third kappa shape index (κ3) is 5.16. The molecule has 114 valence electrons. The Morgan fingerprint density at radius 1 is 1.40 bits per heavy atom. The molecule has 2 rings (SSSR count). The molecule has 0 amide bonds. The highest BCUT2D eigenvalue weighted by Gasteiger charge is 2.22. The van der Waals surface area contributed by atoms with Gasteiger partial charge in [0.1, 0.15) is 5.75 Å². The van der Waals surface area contributed by atoms with Gasteiger partial charge >= 0.3 is 0 Å². The summed E-state index contributed by atoms with van der Waals surface area (Å²) < 4.78 is 24.5. The van der Waals surface area contributed by atoms with Crippen LogP contribution < -0.4 is 10.0 Å². The highest BCUT2D eigenvalue weighted by molar-refractivity contribution is 7.92. The molecule has 1 saturated carbocycles. The maximum Gasteiger partial charge on any atom is 0.229 e. The zero-order chi connectivity index (χ0) is 14.0. The molecule has 0 spiro atoms. The SMILES string of the molecule is CS(=O)(=O)Nc1cc([C@@H](O)CNC2CC2)ccc1O.Cl. The van der Waals surface area contributed by atoms with E-state index in [2.05, 4.69) is 10.0 Å². The summed E-state index contributed by atoms with van der Waals surface area (Å²) in [5.41, 5.74) is 0.627. The smallest absolute Gasteiger partial charge is 0.229 e. The number of aliphatic hydroxyl groups is 1. The van der Waals surface area contributed by atoms with Gasteiger partial charge in [-0.25, -0.2) is 8.42 Å². The molecular formula is C12H19ClN2O4S. The molecule has 0 aliphatic heterocycles. The highest BCUT2D eigenvalue weighted by Crippen LogP contribution is 2.28. The molecule has 6 nitrogen and oxygen atoms in total. The molecule has 20 heavy (non-hydrogen) atoms. The molecule has 1 aliphatic carbocycles. The van der Waals surface area contributed by atoms with Gasteiger partial charge in [0.05, 0.1) is 18.0 Å². The number of rotatable bonds is 6. The average Bonchev–Trinajstić information content (AvgIpc) is 3.11. The first-order valence-corrected chi connectivity index (χ1v) is 7.96. The number of hydrogen-bond acceptors (Lipinski definition) is 5. The molecule has 0 bridgehead atoms. The summed E-state index contributed by atoms with van der Waals surface area (Å²) in [4.78, 5) is 0. The Kier molecular flexibility index (Phi) is 5.64. The number of anilines is 1. The van der Waals surface area contributed by atoms with E-state index in [4.69, 9.17) is 0 Å². The molecule has 1 aromatic carbocycles. The second-order valence-electron chi connectivity index (χ2n) is 4.85. The standard InChI is InChI=1S/C12H18N2O4S.ClH/c1-19(17,18)14-10-6-8(2-5-11(10)15)12(16)7-13-9-3-4-9;/h2,5-6,9,12-16H,3-4,7H2,1H3;1H/t12-;/m0./s1. The molecule has 0 aromatic heterocycles. The first-order chi connectivity index (χ1) is 8.85. The van der Waals surface area contributed by atoms with Gasteiger partial charge in [-0.15, -0.1) is 12.4 Å². The number of nitrogens with one attached hydrogen (secondary N) is 2. The molecule has 4 N–H and O–H groups in total. The number of sulfonamides is 1. The molecular weight excluding hydrogens is 304 g/mol. The van der Waals surface area contributed by atoms with Crippen LogP contribution in [0.3, 0.4) is 0 Å². The Morgan fingerprint density at radius 3 is 2.60 bits per heavy atom. The van der Waals surface area contributed by atoms with Crippen LogP contribution >= 0.6 is 12.4 Å². The van der Waals surface area contributed by atoms with Gasteiger partial charge in [-0.05, 0) is 30.5 Å². The molecule has 0 unspecified atom stereocenters. The van der Waals surface area contributed by atoms with E-state index in [1.165, 1.54) is 12.1 Å². The minimum Gasteiger partial charge on any atom is -0.506 e. The number of halogens is 1. The second-order valence-corrected chi connectivity index (χ2v) is 6.60. The van der Waals surface area contributed by atoms with Crippen LogP contribution in [0.5, 0.6) is 5.75 Å². The Morgan fingerprint density at radius 2 is 2.05 bits per heavy atom. The number of aromatic hydroxyl groups is 1. The summed E-state index contributed by atoms with van der Waals surface area (Å²) >= 11 is 0. The Labute approximate surface area is 124 Å². The summed E-state index contributed by atoms with van der Waals surface area (Å²) in [6, 6.07) is 4.86. The molecule has 8 heteroatoms. The Hall–Kier alpha value is -1.02. The van der Waals surface area contributed by atoms with E-state index in [1.54, 1.807) is 6.07 Å². The number of benzene rings is 1. The fraction of sp³-hybridized carbons (Fsp3) is 0.500. The summed E-state index contributed by atoms with van der Waals surface area (Å²) in [7, 11) is -3.47. The van der Waals surface area contributed by atoms with Crippen molar-refractivity contribution in [2.24, 2.45) is 0 Å². The van der Waals surface area contributed by atoms with Gasteiger partial charge in [-0.3, -0.25) is 4.72 Å². The van der Waals surface area contributed by atoms with E-state index in [0.717, 1.165) is 19.1 Å². The minimum absolute atomic E-state index is 0. The maximum absolute atomic E-state index is 11.2. The molecule has 1 aliphatic rings. The lowest BCUT2D eigenvalue weighted by atomic mass is 10.1. The summed E-state index contributed by atoms with van der Waals surface area (Å²) in [6.07, 6.45) is 2.53. The third-order valence-electron chi connectivity index (χ3n) is 2.88. The highest BCUT2D eigenvalue weighted by atomic mass is 35.5. The molecule has 1 atom stereocenters. The summed E-state index contributed by atoms with van der Waals surface area (Å²) in [5.74, 6) is -0.170. The zero-order valence-electron chi connectivity index (χ0n) is 11.0. The van der Waals surface area contributed by atoms with Crippen LogP contribution in [0.25, 0.3) is 0 Å². The van der Waals surface area contributed by atoms with Crippen LogP contribution in [0.1, 0.15) is 24.5 Å². The zero-order valence-corrected chi connectivity index (χ0v) is 12.7. The fourth-order valence-corrected chi connectivity index (χ4v) is 2.29. The van der Waals surface area contributed by atoms with E-state index in [-0.39, 0.29) is 23.8 Å². The molecule has 0 saturated heterocycles. The van der Waals surface area contributed by atoms with Crippen LogP contribution in [0, 0.1) is 0 Å². The van der Waals surface area contributed by atoms with Gasteiger partial charge < -0.3 is 15.5 Å². The number of hydrogen-bond donors (Lipinski definition) is 4. The van der Waals surface area contributed by atoms with Crippen LogP contribution in [-0.4, -0.2) is 37.5 Å². The van der Waals surface area contributed by atoms with Gasteiger partial charge in [0.25, 0.3) is 0 Å². The molecule has 1 fully saturated rings. The third-order valence-corrected chi connectivity index (χ3v) is 3.47. The van der Waals surface area contributed by atoms with Crippen molar-refractivity contribution >= 4 is 28.1 Å². The lowest BCUT2D eigenvalue weighted by molar-refractivity contribution is 0.174. The summed E-state index contributed by atoms with van der Waals surface area (Å²) in [5, 5.41) is 22.8. The monoisotopic (exact) mass is 322 g/mol. The van der Waals surface area contributed by atoms with Crippen LogP contribution in [0.15, 0.2) is 18.2 Å². The van der Waals surface area contributed by atoms with Crippen molar-refractivity contribution in [1.29, 1.82) is 0 Å². The topological polar surface area (TPSA) is 98.7 Å². The largest absolute Gasteiger partial charge is 0.506 e. The quantitative estimate of drug-likeness (QED) is 0.585. The van der Waals surface area contributed by atoms with Crippen molar-refractivity contribution < 1.29 is 18.6 Å². The number of phenolic OH excluding ortho intramolecular Hbond substituents is 1. The van der Waals surface area contributed by atoms with E-state index >= 15 is 0 Å². The fourth-order valence-electron chi connectivity index (χ4n) is 1.73. The molecule has 0 heterocycles. The van der Waals surface area contributed by atoms with Gasteiger partial charge in [0, 0.05) is 12.6 Å². The van der Waals surface area contributed by atoms with Gasteiger partial charge in [-0.1, -0.05) is 6.07 Å². The summed E-state index contributed by atoms with van der Waals surface area (Å²) in [6.45, 7) is 0.410. The van der Waals surface area contributed by atoms with Crippen molar-refractivity contribution in [3.8, 4) is 5.75 Å². The molecule has 1 aromatic rings. The average molecular weight is 323 g/mol. The first kappa shape index (κ1) is 17.0. The maximum atomic E-state index is 11.2. The minimum atomic E-state index is -3.47. The van der Waals surface area contributed by atoms with E-state index in [9.17, 15) is 18.6 Å². The van der Waals surface area contributed by atoms with Crippen LogP contribution in [0.2, 0.25) is 0 Å². The predicted molar refractivity (Wildman–Crippen MR) is 79.8 cm³/mol. The van der Waals surface area contributed by atoms with Crippen molar-refractivity contribution in [2.75, 3.05) is 17.5 Å². The van der Waals surface area contributed by atoms with E-state index in [1.807, 2.05) is 0 Å².